The summed E-state index contributed by atoms with van der Waals surface area (Å²) in [4.78, 5) is 12.2. The molecule has 0 radical (unpaired) electrons. The van der Waals surface area contributed by atoms with Crippen LogP contribution in [0.5, 0.6) is 0 Å². The molecular weight excluding hydrogens is 260 g/mol. The Balaban J connectivity index is 2.09. The molecule has 0 fully saturated rings. The molecule has 0 saturated heterocycles. The summed E-state index contributed by atoms with van der Waals surface area (Å²) in [5, 5.41) is 3.19. The number of hydrogen-bond donors (Lipinski definition) is 1. The SMILES string of the molecule is Cc1cccc(-c2cc(=O)n(-c3ccc(C)c(C)c3)[nH]2)c1. The van der Waals surface area contributed by atoms with Crippen LogP contribution in [0.25, 0.3) is 16.9 Å². The minimum atomic E-state index is -0.0465. The van der Waals surface area contributed by atoms with Crippen molar-refractivity contribution in [3.05, 3.63) is 75.6 Å². The second kappa shape index (κ2) is 5.09. The molecule has 0 spiro atoms. The Morgan fingerprint density at radius 1 is 0.905 bits per heavy atom. The van der Waals surface area contributed by atoms with E-state index in [1.807, 2.05) is 50.2 Å². The smallest absolute Gasteiger partial charge is 0.271 e. The monoisotopic (exact) mass is 278 g/mol. The standard InChI is InChI=1S/C18H18N2O/c1-12-5-4-6-15(9-12)17-11-18(21)20(19-17)16-8-7-13(2)14(3)10-16/h4-11,19H,1-3H3. The second-order valence-electron chi connectivity index (χ2n) is 5.48. The molecule has 106 valence electrons. The predicted octanol–water partition coefficient (Wildman–Crippen LogP) is 3.76. The molecule has 0 atom stereocenters. The van der Waals surface area contributed by atoms with E-state index in [4.69, 9.17) is 0 Å². The van der Waals surface area contributed by atoms with Gasteiger partial charge in [-0.15, -0.1) is 0 Å². The molecule has 3 nitrogen and oxygen atoms in total. The zero-order chi connectivity index (χ0) is 15.0. The van der Waals surface area contributed by atoms with Crippen LogP contribution >= 0.6 is 0 Å². The third-order valence-electron chi connectivity index (χ3n) is 3.80. The van der Waals surface area contributed by atoms with Crippen molar-refractivity contribution in [2.75, 3.05) is 0 Å². The third kappa shape index (κ3) is 2.55. The summed E-state index contributed by atoms with van der Waals surface area (Å²) >= 11 is 0. The number of aryl methyl sites for hydroxylation is 3. The molecule has 1 N–H and O–H groups in total. The van der Waals surface area contributed by atoms with Gasteiger partial charge in [-0.1, -0.05) is 29.8 Å². The molecule has 0 aliphatic heterocycles. The van der Waals surface area contributed by atoms with Gasteiger partial charge in [0.25, 0.3) is 5.56 Å². The first kappa shape index (κ1) is 13.4. The Hall–Kier alpha value is -2.55. The Morgan fingerprint density at radius 3 is 2.43 bits per heavy atom. The van der Waals surface area contributed by atoms with E-state index in [0.717, 1.165) is 16.9 Å². The Bertz CT molecular complexity index is 856. The highest BCUT2D eigenvalue weighted by molar-refractivity contribution is 5.60. The predicted molar refractivity (Wildman–Crippen MR) is 86.0 cm³/mol. The maximum atomic E-state index is 12.2. The van der Waals surface area contributed by atoms with Gasteiger partial charge in [0, 0.05) is 6.07 Å². The normalized spacial score (nSPS) is 10.8. The minimum absolute atomic E-state index is 0.0465. The first-order valence-corrected chi connectivity index (χ1v) is 7.01. The van der Waals surface area contributed by atoms with Crippen molar-refractivity contribution in [1.82, 2.24) is 9.78 Å². The number of rotatable bonds is 2. The van der Waals surface area contributed by atoms with Crippen LogP contribution in [0, 0.1) is 20.8 Å². The third-order valence-corrected chi connectivity index (χ3v) is 3.80. The van der Waals surface area contributed by atoms with E-state index in [1.165, 1.54) is 16.7 Å². The number of H-pyrrole nitrogens is 1. The highest BCUT2D eigenvalue weighted by atomic mass is 16.1. The van der Waals surface area contributed by atoms with Crippen LogP contribution in [0.1, 0.15) is 16.7 Å². The highest BCUT2D eigenvalue weighted by Gasteiger charge is 2.07. The molecule has 0 saturated carbocycles. The van der Waals surface area contributed by atoms with Gasteiger partial charge in [0.2, 0.25) is 0 Å². The van der Waals surface area contributed by atoms with E-state index >= 15 is 0 Å². The quantitative estimate of drug-likeness (QED) is 0.761. The fourth-order valence-electron chi connectivity index (χ4n) is 2.41. The Morgan fingerprint density at radius 2 is 1.71 bits per heavy atom. The van der Waals surface area contributed by atoms with Crippen molar-refractivity contribution in [3.8, 4) is 16.9 Å². The fraction of sp³-hybridized carbons (Fsp3) is 0.167. The van der Waals surface area contributed by atoms with Crippen LogP contribution in [-0.2, 0) is 0 Å². The van der Waals surface area contributed by atoms with E-state index < -0.39 is 0 Å². The molecule has 3 rings (SSSR count). The summed E-state index contributed by atoms with van der Waals surface area (Å²) < 4.78 is 1.59. The maximum absolute atomic E-state index is 12.2. The van der Waals surface area contributed by atoms with Crippen molar-refractivity contribution < 1.29 is 0 Å². The minimum Gasteiger partial charge on any atom is -0.290 e. The van der Waals surface area contributed by atoms with Gasteiger partial charge >= 0.3 is 0 Å². The summed E-state index contributed by atoms with van der Waals surface area (Å²) in [5.74, 6) is 0. The molecule has 3 heteroatoms. The van der Waals surface area contributed by atoms with Gasteiger partial charge in [-0.2, -0.15) is 0 Å². The van der Waals surface area contributed by atoms with E-state index in [2.05, 4.69) is 18.1 Å². The molecule has 1 aromatic heterocycles. The van der Waals surface area contributed by atoms with E-state index in [1.54, 1.807) is 10.7 Å². The fourth-order valence-corrected chi connectivity index (χ4v) is 2.41. The summed E-state index contributed by atoms with van der Waals surface area (Å²) in [6.45, 7) is 6.16. The number of aromatic amines is 1. The lowest BCUT2D eigenvalue weighted by molar-refractivity contribution is 0.850. The van der Waals surface area contributed by atoms with E-state index in [-0.39, 0.29) is 5.56 Å². The Kier molecular flexibility index (Phi) is 3.26. The molecule has 0 aliphatic rings. The van der Waals surface area contributed by atoms with Crippen molar-refractivity contribution >= 4 is 0 Å². The number of aromatic nitrogens is 2. The van der Waals surface area contributed by atoms with Gasteiger partial charge in [0.15, 0.2) is 0 Å². The summed E-state index contributed by atoms with van der Waals surface area (Å²) in [7, 11) is 0. The van der Waals surface area contributed by atoms with Crippen LogP contribution in [0.4, 0.5) is 0 Å². The zero-order valence-electron chi connectivity index (χ0n) is 12.5. The zero-order valence-corrected chi connectivity index (χ0v) is 12.5. The van der Waals surface area contributed by atoms with Gasteiger partial charge in [-0.05, 0) is 55.7 Å². The van der Waals surface area contributed by atoms with E-state index in [0.29, 0.717) is 0 Å². The number of nitrogens with one attached hydrogen (secondary N) is 1. The van der Waals surface area contributed by atoms with Crippen LogP contribution in [0.15, 0.2) is 53.3 Å². The van der Waals surface area contributed by atoms with Gasteiger partial charge in [0.1, 0.15) is 0 Å². The lowest BCUT2D eigenvalue weighted by atomic mass is 10.1. The molecule has 0 aliphatic carbocycles. The van der Waals surface area contributed by atoms with Crippen molar-refractivity contribution in [2.24, 2.45) is 0 Å². The van der Waals surface area contributed by atoms with Crippen LogP contribution in [0.2, 0.25) is 0 Å². The number of hydrogen-bond acceptors (Lipinski definition) is 1. The van der Waals surface area contributed by atoms with Gasteiger partial charge in [0.05, 0.1) is 11.4 Å². The molecule has 2 aromatic carbocycles. The largest absolute Gasteiger partial charge is 0.290 e. The van der Waals surface area contributed by atoms with Gasteiger partial charge in [-0.25, -0.2) is 4.68 Å². The Labute approximate surface area is 123 Å². The molecular formula is C18H18N2O. The molecule has 0 bridgehead atoms. The first-order chi connectivity index (χ1) is 10.0. The van der Waals surface area contributed by atoms with Crippen LogP contribution < -0.4 is 5.56 Å². The lowest BCUT2D eigenvalue weighted by Gasteiger charge is -2.06. The van der Waals surface area contributed by atoms with Crippen molar-refractivity contribution in [3.63, 3.8) is 0 Å². The van der Waals surface area contributed by atoms with Crippen LogP contribution in [0.3, 0.4) is 0 Å². The van der Waals surface area contributed by atoms with Crippen LogP contribution in [-0.4, -0.2) is 9.78 Å². The summed E-state index contributed by atoms with van der Waals surface area (Å²) in [6.07, 6.45) is 0. The van der Waals surface area contributed by atoms with Crippen molar-refractivity contribution in [2.45, 2.75) is 20.8 Å². The molecule has 0 amide bonds. The average molecular weight is 278 g/mol. The topological polar surface area (TPSA) is 37.8 Å². The van der Waals surface area contributed by atoms with Gasteiger partial charge in [-0.3, -0.25) is 9.89 Å². The number of benzene rings is 2. The molecule has 3 aromatic rings. The maximum Gasteiger partial charge on any atom is 0.271 e. The van der Waals surface area contributed by atoms with Gasteiger partial charge < -0.3 is 0 Å². The molecule has 0 unspecified atom stereocenters. The lowest BCUT2D eigenvalue weighted by Crippen LogP contribution is -2.13. The molecule has 1 heterocycles. The number of nitrogens with zero attached hydrogens (tertiary/aromatic N) is 1. The second-order valence-corrected chi connectivity index (χ2v) is 5.48. The average Bonchev–Trinajstić information content (AvgIpc) is 2.84. The first-order valence-electron chi connectivity index (χ1n) is 7.01. The summed E-state index contributed by atoms with van der Waals surface area (Å²) in [6, 6.07) is 15.8. The molecule has 21 heavy (non-hydrogen) atoms. The van der Waals surface area contributed by atoms with Crippen molar-refractivity contribution in [1.29, 1.82) is 0 Å². The highest BCUT2D eigenvalue weighted by Crippen LogP contribution is 2.18. The summed E-state index contributed by atoms with van der Waals surface area (Å²) in [5.41, 5.74) is 6.24. The van der Waals surface area contributed by atoms with E-state index in [9.17, 15) is 4.79 Å².